The van der Waals surface area contributed by atoms with Crippen LogP contribution in [0.25, 0.3) is 0 Å². The van der Waals surface area contributed by atoms with E-state index in [1.807, 2.05) is 38.7 Å². The van der Waals surface area contributed by atoms with Gasteiger partial charge in [-0.1, -0.05) is 0 Å². The van der Waals surface area contributed by atoms with Crippen molar-refractivity contribution in [3.8, 4) is 0 Å². The van der Waals surface area contributed by atoms with Crippen molar-refractivity contribution < 1.29 is 9.53 Å². The van der Waals surface area contributed by atoms with E-state index in [0.29, 0.717) is 12.1 Å². The number of hydrogen-bond acceptors (Lipinski definition) is 4. The van der Waals surface area contributed by atoms with Crippen molar-refractivity contribution >= 4 is 6.09 Å². The van der Waals surface area contributed by atoms with Crippen LogP contribution in [0, 0.1) is 0 Å². The first-order valence-electron chi connectivity index (χ1n) is 9.58. The first-order valence-corrected chi connectivity index (χ1v) is 9.58. The molecule has 1 amide bonds. The van der Waals surface area contributed by atoms with Crippen LogP contribution in [0.5, 0.6) is 0 Å². The molecular weight excluding hydrogens is 316 g/mol. The second-order valence-corrected chi connectivity index (χ2v) is 8.48. The van der Waals surface area contributed by atoms with Gasteiger partial charge in [0.2, 0.25) is 0 Å². The van der Waals surface area contributed by atoms with Gasteiger partial charge in [0.25, 0.3) is 0 Å². The Balaban J connectivity index is 1.46. The average molecular weight is 348 g/mol. The number of ether oxygens (including phenoxy) is 1. The lowest BCUT2D eigenvalue weighted by molar-refractivity contribution is 0.0489. The van der Waals surface area contributed by atoms with Crippen molar-refractivity contribution in [1.82, 2.24) is 20.4 Å². The van der Waals surface area contributed by atoms with E-state index in [4.69, 9.17) is 4.74 Å². The highest BCUT2D eigenvalue weighted by molar-refractivity contribution is 5.68. The molecule has 1 aromatic heterocycles. The highest BCUT2D eigenvalue weighted by Gasteiger charge is 2.29. The van der Waals surface area contributed by atoms with Crippen LogP contribution in [-0.2, 0) is 18.2 Å². The average Bonchev–Trinajstić information content (AvgIpc) is 2.90. The summed E-state index contributed by atoms with van der Waals surface area (Å²) in [5.74, 6) is 0. The number of nitrogens with one attached hydrogen (secondary N) is 2. The molecule has 1 heterocycles. The van der Waals surface area contributed by atoms with E-state index in [2.05, 4.69) is 15.7 Å². The van der Waals surface area contributed by atoms with E-state index < -0.39 is 5.60 Å². The highest BCUT2D eigenvalue weighted by atomic mass is 16.6. The zero-order valence-corrected chi connectivity index (χ0v) is 16.0. The van der Waals surface area contributed by atoms with Gasteiger partial charge in [0, 0.05) is 36.4 Å². The lowest BCUT2D eigenvalue weighted by atomic mass is 9.88. The molecule has 1 unspecified atom stereocenters. The molecule has 1 atom stereocenters. The number of carbonyl (C=O) groups is 1. The van der Waals surface area contributed by atoms with Crippen LogP contribution in [0.15, 0.2) is 6.20 Å². The topological polar surface area (TPSA) is 68.2 Å². The Kier molecular flexibility index (Phi) is 5.37. The summed E-state index contributed by atoms with van der Waals surface area (Å²) in [6.07, 6.45) is 9.47. The zero-order chi connectivity index (χ0) is 18.0. The zero-order valence-electron chi connectivity index (χ0n) is 16.0. The fraction of sp³-hybridized carbons (Fsp3) is 0.789. The van der Waals surface area contributed by atoms with Crippen molar-refractivity contribution in [3.05, 3.63) is 17.5 Å². The van der Waals surface area contributed by atoms with E-state index in [1.165, 1.54) is 24.1 Å². The summed E-state index contributed by atoms with van der Waals surface area (Å²) in [6, 6.07) is 1.18. The molecule has 3 rings (SSSR count). The molecule has 140 valence electrons. The van der Waals surface area contributed by atoms with Gasteiger partial charge in [-0.25, -0.2) is 4.79 Å². The second-order valence-electron chi connectivity index (χ2n) is 8.48. The quantitative estimate of drug-likeness (QED) is 0.880. The number of aryl methyl sites for hydroxylation is 1. The molecule has 2 aliphatic rings. The number of hydrogen-bond donors (Lipinski definition) is 2. The molecule has 0 aliphatic heterocycles. The first-order chi connectivity index (χ1) is 11.8. The number of nitrogens with zero attached hydrogens (tertiary/aromatic N) is 2. The van der Waals surface area contributed by atoms with Gasteiger partial charge in [-0.15, -0.1) is 0 Å². The monoisotopic (exact) mass is 348 g/mol. The van der Waals surface area contributed by atoms with Crippen LogP contribution in [0.1, 0.15) is 76.6 Å². The molecule has 25 heavy (non-hydrogen) atoms. The van der Waals surface area contributed by atoms with E-state index in [0.717, 1.165) is 32.1 Å². The molecule has 1 fully saturated rings. The lowest BCUT2D eigenvalue weighted by Crippen LogP contribution is -2.44. The van der Waals surface area contributed by atoms with Crippen molar-refractivity contribution in [2.24, 2.45) is 7.05 Å². The van der Waals surface area contributed by atoms with E-state index in [-0.39, 0.29) is 12.1 Å². The predicted octanol–water partition coefficient (Wildman–Crippen LogP) is 3.22. The smallest absolute Gasteiger partial charge is 0.407 e. The maximum atomic E-state index is 11.9. The number of fused-ring (bicyclic) bond motifs is 1. The van der Waals surface area contributed by atoms with Crippen LogP contribution in [0.2, 0.25) is 0 Å². The number of amides is 1. The lowest BCUT2D eigenvalue weighted by Gasteiger charge is -2.34. The first kappa shape index (κ1) is 18.2. The van der Waals surface area contributed by atoms with Crippen molar-refractivity contribution in [1.29, 1.82) is 0 Å². The third-order valence-corrected chi connectivity index (χ3v) is 5.26. The second kappa shape index (κ2) is 7.36. The Labute approximate surface area is 150 Å². The minimum absolute atomic E-state index is 0.230. The Morgan fingerprint density at radius 2 is 1.88 bits per heavy atom. The molecule has 0 spiro atoms. The summed E-state index contributed by atoms with van der Waals surface area (Å²) in [4.78, 5) is 11.9. The standard InChI is InChI=1S/C19H32N4O2/c1-19(2,3)25-18(24)22-14-10-8-13(9-11-14)21-16-6-5-7-17-15(16)12-20-23(17)4/h12-14,16,21H,5-11H2,1-4H3,(H,22,24). The molecule has 6 heteroatoms. The number of carbonyl (C=O) groups excluding carboxylic acids is 1. The molecule has 2 N–H and O–H groups in total. The molecule has 2 aliphatic carbocycles. The minimum Gasteiger partial charge on any atom is -0.444 e. The predicted molar refractivity (Wildman–Crippen MR) is 97.4 cm³/mol. The van der Waals surface area contributed by atoms with Gasteiger partial charge in [-0.05, 0) is 65.7 Å². The molecule has 0 radical (unpaired) electrons. The fourth-order valence-corrected chi connectivity index (χ4v) is 4.04. The van der Waals surface area contributed by atoms with Gasteiger partial charge in [0.15, 0.2) is 0 Å². The maximum absolute atomic E-state index is 11.9. The van der Waals surface area contributed by atoms with Crippen molar-refractivity contribution in [2.45, 2.75) is 89.4 Å². The molecule has 6 nitrogen and oxygen atoms in total. The van der Waals surface area contributed by atoms with Gasteiger partial charge in [-0.3, -0.25) is 4.68 Å². The molecule has 0 aromatic carbocycles. The summed E-state index contributed by atoms with van der Waals surface area (Å²) in [5, 5.41) is 11.3. The third-order valence-electron chi connectivity index (χ3n) is 5.26. The third kappa shape index (κ3) is 4.75. The summed E-state index contributed by atoms with van der Waals surface area (Å²) >= 11 is 0. The molecule has 0 saturated heterocycles. The summed E-state index contributed by atoms with van der Waals surface area (Å²) in [6.45, 7) is 5.68. The molecule has 1 aromatic rings. The van der Waals surface area contributed by atoms with Crippen LogP contribution in [-0.4, -0.2) is 33.6 Å². The van der Waals surface area contributed by atoms with Crippen LogP contribution in [0.4, 0.5) is 4.79 Å². The van der Waals surface area contributed by atoms with Crippen molar-refractivity contribution in [3.63, 3.8) is 0 Å². The Hall–Kier alpha value is -1.56. The fourth-order valence-electron chi connectivity index (χ4n) is 4.04. The number of aromatic nitrogens is 2. The normalized spacial score (nSPS) is 26.8. The summed E-state index contributed by atoms with van der Waals surface area (Å²) < 4.78 is 7.37. The van der Waals surface area contributed by atoms with Crippen LogP contribution < -0.4 is 10.6 Å². The molecular formula is C19H32N4O2. The summed E-state index contributed by atoms with van der Waals surface area (Å²) in [7, 11) is 2.04. The summed E-state index contributed by atoms with van der Waals surface area (Å²) in [5.41, 5.74) is 2.32. The number of rotatable bonds is 3. The van der Waals surface area contributed by atoms with Gasteiger partial charge < -0.3 is 15.4 Å². The Bertz CT molecular complexity index is 597. The number of alkyl carbamates (subject to hydrolysis) is 1. The van der Waals surface area contributed by atoms with E-state index >= 15 is 0 Å². The van der Waals surface area contributed by atoms with Gasteiger partial charge in [0.05, 0.1) is 6.20 Å². The Morgan fingerprint density at radius 1 is 1.20 bits per heavy atom. The molecule has 0 bridgehead atoms. The largest absolute Gasteiger partial charge is 0.444 e. The SMILES string of the molecule is Cn1ncc2c1CCCC2NC1CCC(NC(=O)OC(C)(C)C)CC1. The van der Waals surface area contributed by atoms with Crippen LogP contribution in [0.3, 0.4) is 0 Å². The van der Waals surface area contributed by atoms with E-state index in [1.54, 1.807) is 0 Å². The Morgan fingerprint density at radius 3 is 2.56 bits per heavy atom. The van der Waals surface area contributed by atoms with E-state index in [9.17, 15) is 4.79 Å². The van der Waals surface area contributed by atoms with Gasteiger partial charge >= 0.3 is 6.09 Å². The van der Waals surface area contributed by atoms with Crippen LogP contribution >= 0.6 is 0 Å². The highest BCUT2D eigenvalue weighted by Crippen LogP contribution is 2.31. The van der Waals surface area contributed by atoms with Gasteiger partial charge in [-0.2, -0.15) is 5.10 Å². The van der Waals surface area contributed by atoms with Crippen molar-refractivity contribution in [2.75, 3.05) is 0 Å². The minimum atomic E-state index is -0.439. The molecule has 1 saturated carbocycles. The maximum Gasteiger partial charge on any atom is 0.407 e. The van der Waals surface area contributed by atoms with Gasteiger partial charge in [0.1, 0.15) is 5.60 Å².